The van der Waals surface area contributed by atoms with Gasteiger partial charge in [-0.05, 0) is 49.0 Å². The van der Waals surface area contributed by atoms with Gasteiger partial charge in [0.2, 0.25) is 0 Å². The second-order valence-corrected chi connectivity index (χ2v) is 6.08. The lowest BCUT2D eigenvalue weighted by Gasteiger charge is -2.20. The molecule has 0 heterocycles. The molecular formula is C17H29N. The minimum absolute atomic E-state index is 0.264. The number of benzene rings is 1. The molecule has 0 unspecified atom stereocenters. The number of hydrogen-bond acceptors (Lipinski definition) is 1. The molecule has 0 bridgehead atoms. The predicted molar refractivity (Wildman–Crippen MR) is 81.3 cm³/mol. The van der Waals surface area contributed by atoms with Gasteiger partial charge in [-0.1, -0.05) is 58.9 Å². The van der Waals surface area contributed by atoms with Crippen LogP contribution in [0, 0.1) is 0 Å². The molecule has 1 heteroatoms. The van der Waals surface area contributed by atoms with Crippen molar-refractivity contribution < 1.29 is 0 Å². The van der Waals surface area contributed by atoms with Crippen LogP contribution in [0.2, 0.25) is 0 Å². The molecule has 0 atom stereocenters. The van der Waals surface area contributed by atoms with Crippen LogP contribution < -0.4 is 0 Å². The summed E-state index contributed by atoms with van der Waals surface area (Å²) < 4.78 is 0. The summed E-state index contributed by atoms with van der Waals surface area (Å²) in [5, 5.41) is 0. The first-order valence-electron chi connectivity index (χ1n) is 7.29. The SMILES string of the molecule is CCN(CC)CCCc1ccc(C(C)(C)C)cc1. The Bertz CT molecular complexity index is 328. The zero-order valence-corrected chi connectivity index (χ0v) is 12.8. The zero-order chi connectivity index (χ0) is 13.6. The lowest BCUT2D eigenvalue weighted by Crippen LogP contribution is -2.24. The third kappa shape index (κ3) is 4.81. The molecule has 0 aliphatic carbocycles. The Morgan fingerprint density at radius 1 is 0.944 bits per heavy atom. The topological polar surface area (TPSA) is 3.24 Å². The molecular weight excluding hydrogens is 218 g/mol. The minimum atomic E-state index is 0.264. The summed E-state index contributed by atoms with van der Waals surface area (Å²) in [7, 11) is 0. The van der Waals surface area contributed by atoms with E-state index in [-0.39, 0.29) is 5.41 Å². The first kappa shape index (κ1) is 15.2. The van der Waals surface area contributed by atoms with Crippen LogP contribution >= 0.6 is 0 Å². The smallest absolute Gasteiger partial charge is 0.00158 e. The summed E-state index contributed by atoms with van der Waals surface area (Å²) in [4.78, 5) is 2.49. The average molecular weight is 247 g/mol. The number of nitrogens with zero attached hydrogens (tertiary/aromatic N) is 1. The van der Waals surface area contributed by atoms with E-state index in [1.54, 1.807) is 0 Å². The van der Waals surface area contributed by atoms with E-state index in [0.717, 1.165) is 0 Å². The third-order valence-electron chi connectivity index (χ3n) is 3.65. The summed E-state index contributed by atoms with van der Waals surface area (Å²) >= 11 is 0. The summed E-state index contributed by atoms with van der Waals surface area (Å²) in [5.41, 5.74) is 3.16. The van der Waals surface area contributed by atoms with Crippen LogP contribution in [0.15, 0.2) is 24.3 Å². The standard InChI is InChI=1S/C17H29N/c1-6-18(7-2)14-8-9-15-10-12-16(13-11-15)17(3,4)5/h10-13H,6-9,14H2,1-5H3. The van der Waals surface area contributed by atoms with E-state index < -0.39 is 0 Å². The van der Waals surface area contributed by atoms with Gasteiger partial charge in [0, 0.05) is 0 Å². The molecule has 1 aromatic rings. The quantitative estimate of drug-likeness (QED) is 0.726. The van der Waals surface area contributed by atoms with Crippen LogP contribution in [0.4, 0.5) is 0 Å². The third-order valence-corrected chi connectivity index (χ3v) is 3.65. The molecule has 1 rings (SSSR count). The Morgan fingerprint density at radius 2 is 1.50 bits per heavy atom. The second kappa shape index (κ2) is 6.94. The van der Waals surface area contributed by atoms with Gasteiger partial charge in [0.05, 0.1) is 0 Å². The van der Waals surface area contributed by atoms with Gasteiger partial charge < -0.3 is 4.90 Å². The van der Waals surface area contributed by atoms with Gasteiger partial charge >= 0.3 is 0 Å². The molecule has 102 valence electrons. The highest BCUT2D eigenvalue weighted by Gasteiger charge is 2.12. The minimum Gasteiger partial charge on any atom is -0.304 e. The molecule has 1 nitrogen and oxygen atoms in total. The van der Waals surface area contributed by atoms with Crippen molar-refractivity contribution in [2.24, 2.45) is 0 Å². The van der Waals surface area contributed by atoms with Crippen molar-refractivity contribution in [1.29, 1.82) is 0 Å². The molecule has 0 spiro atoms. The molecule has 0 saturated carbocycles. The molecule has 0 N–H and O–H groups in total. The van der Waals surface area contributed by atoms with Crippen molar-refractivity contribution in [3.05, 3.63) is 35.4 Å². The fraction of sp³-hybridized carbons (Fsp3) is 0.647. The van der Waals surface area contributed by atoms with Gasteiger partial charge in [-0.3, -0.25) is 0 Å². The van der Waals surface area contributed by atoms with Crippen molar-refractivity contribution >= 4 is 0 Å². The van der Waals surface area contributed by atoms with Crippen LogP contribution in [0.3, 0.4) is 0 Å². The maximum Gasteiger partial charge on any atom is -0.00158 e. The van der Waals surface area contributed by atoms with E-state index in [1.807, 2.05) is 0 Å². The van der Waals surface area contributed by atoms with E-state index in [4.69, 9.17) is 0 Å². The second-order valence-electron chi connectivity index (χ2n) is 6.08. The monoisotopic (exact) mass is 247 g/mol. The van der Waals surface area contributed by atoms with Crippen molar-refractivity contribution in [1.82, 2.24) is 4.90 Å². The van der Waals surface area contributed by atoms with E-state index in [1.165, 1.54) is 43.6 Å². The summed E-state index contributed by atoms with van der Waals surface area (Å²) in [6.45, 7) is 14.8. The van der Waals surface area contributed by atoms with Crippen molar-refractivity contribution in [2.45, 2.75) is 52.9 Å². The first-order valence-corrected chi connectivity index (χ1v) is 7.29. The summed E-state index contributed by atoms with van der Waals surface area (Å²) in [6.07, 6.45) is 2.46. The highest BCUT2D eigenvalue weighted by Crippen LogP contribution is 2.22. The van der Waals surface area contributed by atoms with Crippen LogP contribution in [0.5, 0.6) is 0 Å². The molecule has 0 aliphatic heterocycles. The number of hydrogen-bond donors (Lipinski definition) is 0. The molecule has 0 radical (unpaired) electrons. The molecule has 0 aromatic heterocycles. The van der Waals surface area contributed by atoms with Crippen molar-refractivity contribution in [3.8, 4) is 0 Å². The molecule has 0 fully saturated rings. The maximum atomic E-state index is 2.49. The number of aryl methyl sites for hydroxylation is 1. The van der Waals surface area contributed by atoms with E-state index >= 15 is 0 Å². The van der Waals surface area contributed by atoms with Crippen LogP contribution in [-0.4, -0.2) is 24.5 Å². The Hall–Kier alpha value is -0.820. The van der Waals surface area contributed by atoms with Gasteiger partial charge in [-0.25, -0.2) is 0 Å². The summed E-state index contributed by atoms with van der Waals surface area (Å²) in [6, 6.07) is 9.16. The fourth-order valence-electron chi connectivity index (χ4n) is 2.22. The summed E-state index contributed by atoms with van der Waals surface area (Å²) in [5.74, 6) is 0. The van der Waals surface area contributed by atoms with Crippen LogP contribution in [0.1, 0.15) is 52.2 Å². The average Bonchev–Trinajstić information content (AvgIpc) is 2.34. The Kier molecular flexibility index (Phi) is 5.87. The van der Waals surface area contributed by atoms with Gasteiger partial charge in [0.15, 0.2) is 0 Å². The highest BCUT2D eigenvalue weighted by atomic mass is 15.1. The van der Waals surface area contributed by atoms with E-state index in [9.17, 15) is 0 Å². The van der Waals surface area contributed by atoms with Crippen LogP contribution in [-0.2, 0) is 11.8 Å². The lowest BCUT2D eigenvalue weighted by atomic mass is 9.86. The molecule has 1 aromatic carbocycles. The van der Waals surface area contributed by atoms with E-state index in [2.05, 4.69) is 63.8 Å². The Balaban J connectivity index is 2.45. The van der Waals surface area contributed by atoms with Gasteiger partial charge in [-0.15, -0.1) is 0 Å². The Morgan fingerprint density at radius 3 is 1.94 bits per heavy atom. The van der Waals surface area contributed by atoms with Crippen molar-refractivity contribution in [2.75, 3.05) is 19.6 Å². The first-order chi connectivity index (χ1) is 8.47. The normalized spacial score (nSPS) is 12.1. The number of rotatable bonds is 6. The predicted octanol–water partition coefficient (Wildman–Crippen LogP) is 4.26. The lowest BCUT2D eigenvalue weighted by molar-refractivity contribution is 0.300. The largest absolute Gasteiger partial charge is 0.304 e. The molecule has 0 amide bonds. The molecule has 18 heavy (non-hydrogen) atoms. The zero-order valence-electron chi connectivity index (χ0n) is 12.8. The van der Waals surface area contributed by atoms with Gasteiger partial charge in [0.1, 0.15) is 0 Å². The fourth-order valence-corrected chi connectivity index (χ4v) is 2.22. The molecule has 0 saturated heterocycles. The Labute approximate surface area is 113 Å². The highest BCUT2D eigenvalue weighted by molar-refractivity contribution is 5.27. The van der Waals surface area contributed by atoms with Gasteiger partial charge in [0.25, 0.3) is 0 Å². The van der Waals surface area contributed by atoms with Gasteiger partial charge in [-0.2, -0.15) is 0 Å². The van der Waals surface area contributed by atoms with Crippen molar-refractivity contribution in [3.63, 3.8) is 0 Å². The molecule has 0 aliphatic rings. The maximum absolute atomic E-state index is 2.49. The van der Waals surface area contributed by atoms with E-state index in [0.29, 0.717) is 0 Å². The van der Waals surface area contributed by atoms with Crippen LogP contribution in [0.25, 0.3) is 0 Å².